The molecule has 1 unspecified atom stereocenters. The summed E-state index contributed by atoms with van der Waals surface area (Å²) in [5.41, 5.74) is 3.49. The van der Waals surface area contributed by atoms with Gasteiger partial charge in [-0.2, -0.15) is 5.10 Å². The van der Waals surface area contributed by atoms with Gasteiger partial charge in [0.2, 0.25) is 5.91 Å². The van der Waals surface area contributed by atoms with Gasteiger partial charge < -0.3 is 5.32 Å². The maximum atomic E-state index is 13.0. The second-order valence-corrected chi connectivity index (χ2v) is 8.04. The number of hydrogen-bond donors (Lipinski definition) is 1. The number of fused-ring (bicyclic) bond motifs is 1. The zero-order chi connectivity index (χ0) is 24.4. The molecule has 0 bridgehead atoms. The van der Waals surface area contributed by atoms with Gasteiger partial charge in [-0.1, -0.05) is 24.3 Å². The average Bonchev–Trinajstić information content (AvgIpc) is 3.49. The number of non-ortho nitro benzene ring substituents is 1. The van der Waals surface area contributed by atoms with Crippen LogP contribution in [0.4, 0.5) is 5.69 Å². The van der Waals surface area contributed by atoms with Crippen molar-refractivity contribution in [1.82, 2.24) is 29.7 Å². The van der Waals surface area contributed by atoms with E-state index >= 15 is 0 Å². The maximum Gasteiger partial charge on any atom is 0.269 e. The van der Waals surface area contributed by atoms with Crippen molar-refractivity contribution in [2.75, 3.05) is 0 Å². The van der Waals surface area contributed by atoms with Crippen molar-refractivity contribution in [2.24, 2.45) is 0 Å². The van der Waals surface area contributed by atoms with Crippen molar-refractivity contribution >= 4 is 17.2 Å². The van der Waals surface area contributed by atoms with Crippen LogP contribution in [0.5, 0.6) is 0 Å². The smallest absolute Gasteiger partial charge is 0.269 e. The quantitative estimate of drug-likeness (QED) is 0.286. The number of rotatable bonds is 7. The van der Waals surface area contributed by atoms with E-state index in [-0.39, 0.29) is 24.1 Å². The van der Waals surface area contributed by atoms with Crippen LogP contribution in [-0.2, 0) is 11.2 Å². The van der Waals surface area contributed by atoms with E-state index in [2.05, 4.69) is 20.6 Å². The molecule has 1 atom stereocenters. The molecular weight excluding hydrogens is 446 g/mol. The van der Waals surface area contributed by atoms with Crippen molar-refractivity contribution in [3.63, 3.8) is 0 Å². The topological polar surface area (TPSA) is 120 Å². The highest BCUT2D eigenvalue weighted by Gasteiger charge is 2.20. The van der Waals surface area contributed by atoms with E-state index in [9.17, 15) is 14.9 Å². The van der Waals surface area contributed by atoms with Gasteiger partial charge in [0.15, 0.2) is 11.5 Å². The molecule has 1 N–H and O–H groups in total. The summed E-state index contributed by atoms with van der Waals surface area (Å²) in [4.78, 5) is 23.6. The first-order chi connectivity index (χ1) is 17.0. The van der Waals surface area contributed by atoms with E-state index in [1.54, 1.807) is 16.8 Å². The number of nitro groups is 1. The zero-order valence-corrected chi connectivity index (χ0v) is 18.8. The van der Waals surface area contributed by atoms with E-state index in [1.807, 2.05) is 72.2 Å². The first-order valence-electron chi connectivity index (χ1n) is 11.0. The lowest BCUT2D eigenvalue weighted by Crippen LogP contribution is -2.29. The number of nitrogens with zero attached hydrogens (tertiary/aromatic N) is 6. The molecule has 0 fully saturated rings. The molecule has 10 nitrogen and oxygen atoms in total. The Hall–Kier alpha value is -4.86. The Labute approximate surface area is 200 Å². The molecule has 0 aliphatic carbocycles. The summed E-state index contributed by atoms with van der Waals surface area (Å²) in [6, 6.07) is 20.9. The zero-order valence-electron chi connectivity index (χ0n) is 18.8. The fourth-order valence-corrected chi connectivity index (χ4v) is 3.92. The molecule has 2 aromatic carbocycles. The lowest BCUT2D eigenvalue weighted by atomic mass is 10.1. The minimum absolute atomic E-state index is 0.00936. The molecule has 0 aliphatic heterocycles. The summed E-state index contributed by atoms with van der Waals surface area (Å²) in [5, 5.41) is 27.1. The SMILES string of the molecule is CC(NC(=O)Cc1cn(-c2ccccc2)nc1-c1ccc([N+](=O)[O-])cc1)c1nnc2ccccn12. The Kier molecular flexibility index (Phi) is 5.76. The normalized spacial score (nSPS) is 11.9. The molecular formula is C25H21N7O3. The standard InChI is InChI=1S/C25H21N7O3/c1-17(25-28-27-22-9-5-6-14-30(22)25)26-23(33)15-19-16-31(20-7-3-2-4-8-20)29-24(19)18-10-12-21(13-11-18)32(34)35/h2-14,16-17H,15H2,1H3,(H,26,33). The van der Waals surface area contributed by atoms with Gasteiger partial charge in [0.25, 0.3) is 5.69 Å². The number of amides is 1. The molecule has 3 heterocycles. The summed E-state index contributed by atoms with van der Waals surface area (Å²) >= 11 is 0. The Morgan fingerprint density at radius 2 is 1.77 bits per heavy atom. The highest BCUT2D eigenvalue weighted by atomic mass is 16.6. The summed E-state index contributed by atoms with van der Waals surface area (Å²) in [7, 11) is 0. The fraction of sp³-hybridized carbons (Fsp3) is 0.120. The number of aromatic nitrogens is 5. The maximum absolute atomic E-state index is 13.0. The monoisotopic (exact) mass is 467 g/mol. The summed E-state index contributed by atoms with van der Waals surface area (Å²) < 4.78 is 3.54. The van der Waals surface area contributed by atoms with Crippen molar-refractivity contribution in [1.29, 1.82) is 0 Å². The van der Waals surface area contributed by atoms with Crippen LogP contribution in [0.1, 0.15) is 24.4 Å². The molecule has 5 rings (SSSR count). The Morgan fingerprint density at radius 1 is 1.03 bits per heavy atom. The number of hydrogen-bond acceptors (Lipinski definition) is 6. The Morgan fingerprint density at radius 3 is 2.51 bits per heavy atom. The predicted octanol–water partition coefficient (Wildman–Crippen LogP) is 3.91. The minimum atomic E-state index is -0.448. The minimum Gasteiger partial charge on any atom is -0.346 e. The molecule has 35 heavy (non-hydrogen) atoms. The summed E-state index contributed by atoms with van der Waals surface area (Å²) in [6.45, 7) is 1.85. The number of carbonyl (C=O) groups is 1. The van der Waals surface area contributed by atoms with Crippen molar-refractivity contribution in [3.8, 4) is 16.9 Å². The number of carbonyl (C=O) groups excluding carboxylic acids is 1. The van der Waals surface area contributed by atoms with Crippen LogP contribution in [0.2, 0.25) is 0 Å². The number of benzene rings is 2. The molecule has 3 aromatic heterocycles. The second kappa shape index (κ2) is 9.18. The third kappa shape index (κ3) is 4.49. The van der Waals surface area contributed by atoms with Gasteiger partial charge in [0, 0.05) is 35.7 Å². The van der Waals surface area contributed by atoms with Gasteiger partial charge >= 0.3 is 0 Å². The van der Waals surface area contributed by atoms with Gasteiger partial charge in [-0.3, -0.25) is 19.3 Å². The number of nitrogens with one attached hydrogen (secondary N) is 1. The Balaban J connectivity index is 1.43. The number of nitro benzene ring substituents is 1. The van der Waals surface area contributed by atoms with Crippen LogP contribution in [0.25, 0.3) is 22.6 Å². The molecule has 5 aromatic rings. The van der Waals surface area contributed by atoms with Gasteiger partial charge in [-0.25, -0.2) is 4.68 Å². The first-order valence-corrected chi connectivity index (χ1v) is 11.0. The van der Waals surface area contributed by atoms with Gasteiger partial charge in [0.1, 0.15) is 0 Å². The van der Waals surface area contributed by atoms with Crippen LogP contribution < -0.4 is 5.32 Å². The molecule has 174 valence electrons. The van der Waals surface area contributed by atoms with Crippen molar-refractivity contribution in [3.05, 3.63) is 107 Å². The average molecular weight is 467 g/mol. The highest BCUT2D eigenvalue weighted by Crippen LogP contribution is 2.26. The van der Waals surface area contributed by atoms with Gasteiger partial charge in [-0.15, -0.1) is 10.2 Å². The van der Waals surface area contributed by atoms with Crippen molar-refractivity contribution < 1.29 is 9.72 Å². The molecule has 0 saturated heterocycles. The lowest BCUT2D eigenvalue weighted by Gasteiger charge is -2.12. The molecule has 0 saturated carbocycles. The van der Waals surface area contributed by atoms with E-state index in [1.165, 1.54) is 12.1 Å². The predicted molar refractivity (Wildman–Crippen MR) is 129 cm³/mol. The van der Waals surface area contributed by atoms with E-state index in [0.29, 0.717) is 28.3 Å². The van der Waals surface area contributed by atoms with Crippen LogP contribution in [0.15, 0.2) is 85.2 Å². The van der Waals surface area contributed by atoms with E-state index < -0.39 is 4.92 Å². The third-order valence-electron chi connectivity index (χ3n) is 5.62. The summed E-state index contributed by atoms with van der Waals surface area (Å²) in [5.74, 6) is 0.422. The van der Waals surface area contributed by atoms with Crippen LogP contribution >= 0.6 is 0 Å². The largest absolute Gasteiger partial charge is 0.346 e. The number of pyridine rings is 1. The second-order valence-electron chi connectivity index (χ2n) is 8.04. The van der Waals surface area contributed by atoms with E-state index in [4.69, 9.17) is 0 Å². The van der Waals surface area contributed by atoms with Gasteiger partial charge in [0.05, 0.1) is 28.8 Å². The number of para-hydroxylation sites is 1. The van der Waals surface area contributed by atoms with Crippen LogP contribution in [-0.4, -0.2) is 35.2 Å². The third-order valence-corrected chi connectivity index (χ3v) is 5.62. The first kappa shape index (κ1) is 22.0. The van der Waals surface area contributed by atoms with E-state index in [0.717, 1.165) is 5.69 Å². The fourth-order valence-electron chi connectivity index (χ4n) is 3.92. The highest BCUT2D eigenvalue weighted by molar-refractivity contribution is 5.81. The van der Waals surface area contributed by atoms with Gasteiger partial charge in [-0.05, 0) is 43.3 Å². The van der Waals surface area contributed by atoms with Crippen LogP contribution in [0.3, 0.4) is 0 Å². The lowest BCUT2D eigenvalue weighted by molar-refractivity contribution is -0.384. The molecule has 0 spiro atoms. The molecule has 0 aliphatic rings. The Bertz CT molecular complexity index is 1510. The molecule has 1 amide bonds. The summed E-state index contributed by atoms with van der Waals surface area (Å²) in [6.07, 6.45) is 3.73. The molecule has 10 heteroatoms. The molecule has 0 radical (unpaired) electrons. The van der Waals surface area contributed by atoms with Crippen LogP contribution in [0, 0.1) is 10.1 Å². The van der Waals surface area contributed by atoms with Crippen molar-refractivity contribution in [2.45, 2.75) is 19.4 Å².